The lowest BCUT2D eigenvalue weighted by atomic mass is 10.4. The van der Waals surface area contributed by atoms with Gasteiger partial charge in [0.25, 0.3) is 0 Å². The average Bonchev–Trinajstić information content (AvgIpc) is 1.65. The molecule has 36 valence electrons. The van der Waals surface area contributed by atoms with Crippen LogP contribution in [0, 0.1) is 0 Å². The predicted molar refractivity (Wildman–Crippen MR) is 37.1 cm³/mol. The zero-order valence-electron chi connectivity index (χ0n) is 3.52. The molecule has 0 amide bonds. The molecule has 0 unspecified atom stereocenters. The number of hydrogen-bond donors (Lipinski definition) is 1. The molecule has 0 aromatic rings. The van der Waals surface area contributed by atoms with Crippen molar-refractivity contribution in [3.05, 3.63) is 12.7 Å². The van der Waals surface area contributed by atoms with E-state index in [4.69, 9.17) is 5.73 Å². The number of rotatable bonds is 2. The third-order valence-electron chi connectivity index (χ3n) is 0.481. The molecule has 0 fully saturated rings. The normalized spacial score (nSPS) is 13.7. The number of hydrogen-bond acceptors (Lipinski definition) is 1. The van der Waals surface area contributed by atoms with Crippen molar-refractivity contribution in [1.29, 1.82) is 0 Å². The van der Waals surface area contributed by atoms with Gasteiger partial charge >= 0.3 is 0 Å². The summed E-state index contributed by atoms with van der Waals surface area (Å²) in [7, 11) is 0. The van der Waals surface area contributed by atoms with Crippen LogP contribution in [0.3, 0.4) is 0 Å². The van der Waals surface area contributed by atoms with Crippen LogP contribution >= 0.6 is 22.6 Å². The van der Waals surface area contributed by atoms with Crippen LogP contribution in [-0.2, 0) is 0 Å². The van der Waals surface area contributed by atoms with Crippen molar-refractivity contribution in [1.82, 2.24) is 0 Å². The molecule has 2 N–H and O–H groups in total. The fourth-order valence-corrected chi connectivity index (χ4v) is 0.423. The summed E-state index contributed by atoms with van der Waals surface area (Å²) in [4.78, 5) is 0. The first-order valence-electron chi connectivity index (χ1n) is 1.75. The minimum Gasteiger partial charge on any atom is -0.324 e. The molecule has 0 saturated heterocycles. The molecule has 2 heteroatoms. The average molecular weight is 197 g/mol. The third-order valence-corrected chi connectivity index (χ3v) is 1.50. The van der Waals surface area contributed by atoms with Crippen molar-refractivity contribution >= 4 is 22.6 Å². The molecule has 0 aliphatic heterocycles. The summed E-state index contributed by atoms with van der Waals surface area (Å²) in [6, 6.07) is 0.186. The van der Waals surface area contributed by atoms with Crippen molar-refractivity contribution in [2.75, 3.05) is 4.43 Å². The first kappa shape index (κ1) is 6.43. The van der Waals surface area contributed by atoms with Crippen molar-refractivity contribution in [2.24, 2.45) is 5.73 Å². The summed E-state index contributed by atoms with van der Waals surface area (Å²) in [5.74, 6) is 0. The fraction of sp³-hybridized carbons (Fsp3) is 0.500. The molecule has 0 bridgehead atoms. The molecule has 0 rings (SSSR count). The van der Waals surface area contributed by atoms with E-state index in [1.807, 2.05) is 0 Å². The largest absolute Gasteiger partial charge is 0.324 e. The topological polar surface area (TPSA) is 26.0 Å². The first-order chi connectivity index (χ1) is 2.81. The predicted octanol–water partition coefficient (Wildman–Crippen LogP) is 0.935. The minimum atomic E-state index is 0.186. The van der Waals surface area contributed by atoms with Crippen LogP contribution in [0.5, 0.6) is 0 Å². The second-order valence-electron chi connectivity index (χ2n) is 1.05. The van der Waals surface area contributed by atoms with Crippen molar-refractivity contribution < 1.29 is 0 Å². The Morgan fingerprint density at radius 2 is 2.50 bits per heavy atom. The zero-order valence-corrected chi connectivity index (χ0v) is 5.68. The van der Waals surface area contributed by atoms with Gasteiger partial charge in [0.2, 0.25) is 0 Å². The SMILES string of the molecule is C=C[C@H](N)CI. The molecule has 0 heterocycles. The van der Waals surface area contributed by atoms with E-state index in [9.17, 15) is 0 Å². The Balaban J connectivity index is 2.96. The standard InChI is InChI=1S/C4H8IN/c1-2-4(6)3-5/h2,4H,1,3,6H2/t4-/m0/s1. The summed E-state index contributed by atoms with van der Waals surface area (Å²) in [5.41, 5.74) is 5.35. The Morgan fingerprint density at radius 1 is 2.00 bits per heavy atom. The summed E-state index contributed by atoms with van der Waals surface area (Å²) >= 11 is 2.22. The van der Waals surface area contributed by atoms with Crippen LogP contribution in [0.2, 0.25) is 0 Å². The Bertz CT molecular complexity index is 44.8. The lowest BCUT2D eigenvalue weighted by molar-refractivity contribution is 0.959. The van der Waals surface area contributed by atoms with Gasteiger partial charge in [0.15, 0.2) is 0 Å². The van der Waals surface area contributed by atoms with Crippen LogP contribution in [0.25, 0.3) is 0 Å². The van der Waals surface area contributed by atoms with E-state index in [2.05, 4.69) is 29.2 Å². The van der Waals surface area contributed by atoms with Gasteiger partial charge in [-0.05, 0) is 0 Å². The monoisotopic (exact) mass is 197 g/mol. The number of alkyl halides is 1. The minimum absolute atomic E-state index is 0.186. The maximum Gasteiger partial charge on any atom is 0.0312 e. The van der Waals surface area contributed by atoms with E-state index >= 15 is 0 Å². The lowest BCUT2D eigenvalue weighted by Crippen LogP contribution is -2.16. The Labute approximate surface area is 51.7 Å². The zero-order chi connectivity index (χ0) is 4.99. The summed E-state index contributed by atoms with van der Waals surface area (Å²) in [6.45, 7) is 3.50. The van der Waals surface area contributed by atoms with Crippen LogP contribution in [0.1, 0.15) is 0 Å². The molecular formula is C4H8IN. The van der Waals surface area contributed by atoms with Gasteiger partial charge in [-0.2, -0.15) is 0 Å². The molecule has 6 heavy (non-hydrogen) atoms. The highest BCUT2D eigenvalue weighted by Crippen LogP contribution is 1.85. The van der Waals surface area contributed by atoms with Gasteiger partial charge in [-0.15, -0.1) is 6.58 Å². The summed E-state index contributed by atoms with van der Waals surface area (Å²) in [6.07, 6.45) is 1.74. The first-order valence-corrected chi connectivity index (χ1v) is 3.28. The summed E-state index contributed by atoms with van der Waals surface area (Å²) in [5, 5.41) is 0. The van der Waals surface area contributed by atoms with Crippen molar-refractivity contribution in [3.8, 4) is 0 Å². The molecule has 0 spiro atoms. The summed E-state index contributed by atoms with van der Waals surface area (Å²) < 4.78 is 0.960. The maximum absolute atomic E-state index is 5.35. The molecule has 0 saturated carbocycles. The molecule has 0 radical (unpaired) electrons. The third kappa shape index (κ3) is 2.66. The van der Waals surface area contributed by atoms with E-state index < -0.39 is 0 Å². The van der Waals surface area contributed by atoms with Crippen LogP contribution < -0.4 is 5.73 Å². The van der Waals surface area contributed by atoms with Gasteiger partial charge < -0.3 is 5.73 Å². The smallest absolute Gasteiger partial charge is 0.0312 e. The second kappa shape index (κ2) is 3.61. The highest BCUT2D eigenvalue weighted by atomic mass is 127. The lowest BCUT2D eigenvalue weighted by Gasteiger charge is -1.93. The Kier molecular flexibility index (Phi) is 3.87. The molecule has 0 aliphatic carbocycles. The Morgan fingerprint density at radius 3 is 2.50 bits per heavy atom. The van der Waals surface area contributed by atoms with Gasteiger partial charge in [0.1, 0.15) is 0 Å². The van der Waals surface area contributed by atoms with Crippen LogP contribution in [0.15, 0.2) is 12.7 Å². The molecule has 0 aliphatic rings. The molecule has 0 aromatic carbocycles. The van der Waals surface area contributed by atoms with Crippen LogP contribution in [0.4, 0.5) is 0 Å². The van der Waals surface area contributed by atoms with E-state index in [0.717, 1.165) is 4.43 Å². The molecule has 1 atom stereocenters. The van der Waals surface area contributed by atoms with Gasteiger partial charge in [-0.3, -0.25) is 0 Å². The highest BCUT2D eigenvalue weighted by molar-refractivity contribution is 14.1. The van der Waals surface area contributed by atoms with Gasteiger partial charge in [-0.25, -0.2) is 0 Å². The molecule has 1 nitrogen and oxygen atoms in total. The fourth-order valence-electron chi connectivity index (χ4n) is 0.0630. The number of halogens is 1. The highest BCUT2D eigenvalue weighted by Gasteiger charge is 1.85. The van der Waals surface area contributed by atoms with Gasteiger partial charge in [0, 0.05) is 10.5 Å². The second-order valence-corrected chi connectivity index (χ2v) is 1.93. The van der Waals surface area contributed by atoms with Crippen molar-refractivity contribution in [2.45, 2.75) is 6.04 Å². The number of nitrogens with two attached hydrogens (primary N) is 1. The van der Waals surface area contributed by atoms with E-state index in [-0.39, 0.29) is 6.04 Å². The van der Waals surface area contributed by atoms with Crippen LogP contribution in [-0.4, -0.2) is 10.5 Å². The van der Waals surface area contributed by atoms with Gasteiger partial charge in [0.05, 0.1) is 0 Å². The quantitative estimate of drug-likeness (QED) is 0.397. The van der Waals surface area contributed by atoms with E-state index in [1.165, 1.54) is 0 Å². The molecule has 0 aromatic heterocycles. The Hall–Kier alpha value is 0.430. The van der Waals surface area contributed by atoms with Crippen molar-refractivity contribution in [3.63, 3.8) is 0 Å². The maximum atomic E-state index is 5.35. The van der Waals surface area contributed by atoms with E-state index in [0.29, 0.717) is 0 Å². The van der Waals surface area contributed by atoms with E-state index in [1.54, 1.807) is 6.08 Å². The molecular weight excluding hydrogens is 189 g/mol. The van der Waals surface area contributed by atoms with Gasteiger partial charge in [-0.1, -0.05) is 28.7 Å².